The number of sulfonamides is 1. The average molecular weight is 400 g/mol. The third kappa shape index (κ3) is 3.86. The van der Waals surface area contributed by atoms with Crippen molar-refractivity contribution in [3.05, 3.63) is 23.6 Å². The summed E-state index contributed by atoms with van der Waals surface area (Å²) >= 11 is 1.25. The summed E-state index contributed by atoms with van der Waals surface area (Å²) < 4.78 is 38.2. The molecule has 26 heavy (non-hydrogen) atoms. The molecule has 7 nitrogen and oxygen atoms in total. The second-order valence-corrected chi connectivity index (χ2v) is 9.96. The van der Waals surface area contributed by atoms with Crippen LogP contribution < -0.4 is 0 Å². The molecular formula is C17H25N3O4S2. The Morgan fingerprint density at radius 3 is 2.62 bits per heavy atom. The van der Waals surface area contributed by atoms with E-state index in [0.29, 0.717) is 29.7 Å². The fraction of sp³-hybridized carbons (Fsp3) is 0.588. The van der Waals surface area contributed by atoms with Crippen LogP contribution in [0.3, 0.4) is 0 Å². The lowest BCUT2D eigenvalue weighted by Gasteiger charge is -2.34. The van der Waals surface area contributed by atoms with Gasteiger partial charge >= 0.3 is 0 Å². The van der Waals surface area contributed by atoms with Crippen molar-refractivity contribution in [3.8, 4) is 10.4 Å². The molecule has 9 heteroatoms. The number of thiophene rings is 1. The van der Waals surface area contributed by atoms with E-state index in [4.69, 9.17) is 9.26 Å². The van der Waals surface area contributed by atoms with Crippen molar-refractivity contribution in [2.45, 2.75) is 31.0 Å². The van der Waals surface area contributed by atoms with Crippen molar-refractivity contribution in [2.24, 2.45) is 0 Å². The monoisotopic (exact) mass is 399 g/mol. The molecule has 1 fully saturated rings. The van der Waals surface area contributed by atoms with E-state index in [1.165, 1.54) is 15.6 Å². The zero-order valence-electron chi connectivity index (χ0n) is 15.6. The first-order valence-electron chi connectivity index (χ1n) is 8.62. The number of rotatable bonds is 6. The summed E-state index contributed by atoms with van der Waals surface area (Å²) in [6.45, 7) is 9.27. The quantitative estimate of drug-likeness (QED) is 0.742. The van der Waals surface area contributed by atoms with Gasteiger partial charge < -0.3 is 9.26 Å². The highest BCUT2D eigenvalue weighted by molar-refractivity contribution is 7.91. The molecular weight excluding hydrogens is 374 g/mol. The van der Waals surface area contributed by atoms with E-state index in [-0.39, 0.29) is 6.04 Å². The van der Waals surface area contributed by atoms with Crippen molar-refractivity contribution in [1.29, 1.82) is 0 Å². The summed E-state index contributed by atoms with van der Waals surface area (Å²) in [7, 11) is -1.89. The second kappa shape index (κ2) is 7.77. The van der Waals surface area contributed by atoms with Gasteiger partial charge in [0.2, 0.25) is 0 Å². The minimum absolute atomic E-state index is 0.140. The fourth-order valence-corrected chi connectivity index (χ4v) is 6.10. The molecule has 3 heterocycles. The molecule has 1 atom stereocenters. The normalized spacial score (nSPS) is 17.7. The number of nitrogens with zero attached hydrogens (tertiary/aromatic N) is 3. The molecule has 2 aromatic heterocycles. The molecule has 0 saturated carbocycles. The van der Waals surface area contributed by atoms with Gasteiger partial charge in [-0.05, 0) is 32.9 Å². The Morgan fingerprint density at radius 1 is 1.31 bits per heavy atom. The molecule has 0 aromatic carbocycles. The standard InChI is InChI=1S/C17H25N3O4S2/c1-12(20-7-9-23-10-8-20)11-19(4)26(21,22)16-6-5-15(25-16)17-13(2)18-24-14(17)3/h5-6,12H,7-11H2,1-4H3. The Labute approximate surface area is 158 Å². The lowest BCUT2D eigenvalue weighted by Crippen LogP contribution is -2.47. The molecule has 0 N–H and O–H groups in total. The number of aromatic nitrogens is 1. The van der Waals surface area contributed by atoms with Gasteiger partial charge in [0.05, 0.1) is 24.5 Å². The summed E-state index contributed by atoms with van der Waals surface area (Å²) in [4.78, 5) is 3.12. The Balaban J connectivity index is 1.75. The van der Waals surface area contributed by atoms with E-state index in [2.05, 4.69) is 17.0 Å². The van der Waals surface area contributed by atoms with Crippen LogP contribution in [0.25, 0.3) is 10.4 Å². The molecule has 1 aliphatic rings. The van der Waals surface area contributed by atoms with Crippen LogP contribution in [0.15, 0.2) is 20.9 Å². The molecule has 2 aromatic rings. The van der Waals surface area contributed by atoms with Crippen LogP contribution in [0.2, 0.25) is 0 Å². The molecule has 0 spiro atoms. The van der Waals surface area contributed by atoms with Crippen LogP contribution in [0.4, 0.5) is 0 Å². The van der Waals surface area contributed by atoms with Gasteiger partial charge in [-0.25, -0.2) is 8.42 Å². The Hall–Kier alpha value is -1.26. The Bertz CT molecular complexity index is 834. The molecule has 1 aliphatic heterocycles. The topological polar surface area (TPSA) is 75.9 Å². The maximum atomic E-state index is 13.0. The lowest BCUT2D eigenvalue weighted by molar-refractivity contribution is 0.0177. The van der Waals surface area contributed by atoms with Gasteiger partial charge in [0, 0.05) is 37.6 Å². The summed E-state index contributed by atoms with van der Waals surface area (Å²) in [6.07, 6.45) is 0. The van der Waals surface area contributed by atoms with Gasteiger partial charge in [-0.15, -0.1) is 11.3 Å². The number of aryl methyl sites for hydroxylation is 2. The number of hydrogen-bond acceptors (Lipinski definition) is 7. The van der Waals surface area contributed by atoms with Crippen LogP contribution >= 0.6 is 11.3 Å². The molecule has 1 saturated heterocycles. The summed E-state index contributed by atoms with van der Waals surface area (Å²) in [5.74, 6) is 0.697. The number of hydrogen-bond donors (Lipinski definition) is 0. The SMILES string of the molecule is Cc1noc(C)c1-c1ccc(S(=O)(=O)N(C)CC(C)N2CCOCC2)s1. The van der Waals surface area contributed by atoms with Gasteiger partial charge in [-0.3, -0.25) is 4.90 Å². The van der Waals surface area contributed by atoms with Crippen LogP contribution in [0.1, 0.15) is 18.4 Å². The van der Waals surface area contributed by atoms with Crippen LogP contribution in [-0.4, -0.2) is 68.7 Å². The number of ether oxygens (including phenoxy) is 1. The highest BCUT2D eigenvalue weighted by Gasteiger charge is 2.27. The smallest absolute Gasteiger partial charge is 0.252 e. The van der Waals surface area contributed by atoms with Gasteiger partial charge in [0.25, 0.3) is 10.0 Å². The van der Waals surface area contributed by atoms with Crippen molar-refractivity contribution >= 4 is 21.4 Å². The van der Waals surface area contributed by atoms with Gasteiger partial charge in [0.15, 0.2) is 0 Å². The van der Waals surface area contributed by atoms with E-state index in [9.17, 15) is 8.42 Å². The van der Waals surface area contributed by atoms with E-state index >= 15 is 0 Å². The summed E-state index contributed by atoms with van der Waals surface area (Å²) in [6, 6.07) is 3.63. The van der Waals surface area contributed by atoms with E-state index in [1.54, 1.807) is 13.1 Å². The average Bonchev–Trinajstić information content (AvgIpc) is 3.22. The van der Waals surface area contributed by atoms with Crippen molar-refractivity contribution in [2.75, 3.05) is 39.9 Å². The van der Waals surface area contributed by atoms with Gasteiger partial charge in [-0.2, -0.15) is 4.31 Å². The van der Waals surface area contributed by atoms with Gasteiger partial charge in [-0.1, -0.05) is 5.16 Å². The first-order valence-corrected chi connectivity index (χ1v) is 10.9. The fourth-order valence-electron chi connectivity index (χ4n) is 3.19. The Morgan fingerprint density at radius 2 is 2.00 bits per heavy atom. The van der Waals surface area contributed by atoms with Crippen LogP contribution in [0.5, 0.6) is 0 Å². The third-order valence-corrected chi connectivity index (χ3v) is 8.11. The molecule has 144 valence electrons. The van der Waals surface area contributed by atoms with E-state index in [1.807, 2.05) is 19.9 Å². The maximum Gasteiger partial charge on any atom is 0.252 e. The first kappa shape index (κ1) is 19.5. The summed E-state index contributed by atoms with van der Waals surface area (Å²) in [5, 5.41) is 3.95. The maximum absolute atomic E-state index is 13.0. The van der Waals surface area contributed by atoms with Crippen LogP contribution in [0, 0.1) is 13.8 Å². The summed E-state index contributed by atoms with van der Waals surface area (Å²) in [5.41, 5.74) is 1.64. The molecule has 1 unspecified atom stereocenters. The largest absolute Gasteiger partial charge is 0.379 e. The number of likely N-dealkylation sites (N-methyl/N-ethyl adjacent to an activating group) is 1. The van der Waals surface area contributed by atoms with Crippen molar-refractivity contribution in [3.63, 3.8) is 0 Å². The third-order valence-electron chi connectivity index (χ3n) is 4.72. The molecule has 0 radical (unpaired) electrons. The second-order valence-electron chi connectivity index (χ2n) is 6.60. The molecule has 0 bridgehead atoms. The van der Waals surface area contributed by atoms with Crippen molar-refractivity contribution in [1.82, 2.24) is 14.4 Å². The zero-order valence-corrected chi connectivity index (χ0v) is 17.2. The molecule has 0 aliphatic carbocycles. The molecule has 3 rings (SSSR count). The van der Waals surface area contributed by atoms with Crippen molar-refractivity contribution < 1.29 is 17.7 Å². The van der Waals surface area contributed by atoms with E-state index in [0.717, 1.165) is 29.2 Å². The predicted octanol–water partition coefficient (Wildman–Crippen LogP) is 2.36. The highest BCUT2D eigenvalue weighted by Crippen LogP contribution is 2.35. The van der Waals surface area contributed by atoms with Crippen LogP contribution in [-0.2, 0) is 14.8 Å². The van der Waals surface area contributed by atoms with E-state index < -0.39 is 10.0 Å². The van der Waals surface area contributed by atoms with Gasteiger partial charge in [0.1, 0.15) is 9.97 Å². The highest BCUT2D eigenvalue weighted by atomic mass is 32.2. The minimum atomic E-state index is -3.53. The zero-order chi connectivity index (χ0) is 18.9. The number of morpholine rings is 1. The Kier molecular flexibility index (Phi) is 5.83. The minimum Gasteiger partial charge on any atom is -0.379 e. The lowest BCUT2D eigenvalue weighted by atomic mass is 10.2. The predicted molar refractivity (Wildman–Crippen MR) is 101 cm³/mol. The first-order chi connectivity index (χ1) is 12.3. The molecule has 0 amide bonds.